The number of amides is 1. The van der Waals surface area contributed by atoms with Crippen molar-refractivity contribution < 1.29 is 4.79 Å². The van der Waals surface area contributed by atoms with E-state index in [2.05, 4.69) is 20.9 Å². The van der Waals surface area contributed by atoms with E-state index in [1.165, 1.54) is 0 Å². The highest BCUT2D eigenvalue weighted by Crippen LogP contribution is 2.23. The number of nitrogens with zero attached hydrogens (tertiary/aromatic N) is 3. The Labute approximate surface area is 147 Å². The quantitative estimate of drug-likeness (QED) is 0.687. The fourth-order valence-corrected chi connectivity index (χ4v) is 3.26. The second kappa shape index (κ2) is 6.57. The first kappa shape index (κ1) is 16.4. The Morgan fingerprint density at radius 3 is 2.83 bits per heavy atom. The van der Waals surface area contributed by atoms with E-state index in [0.29, 0.717) is 17.4 Å². The molecule has 1 fully saturated rings. The zero-order chi connectivity index (χ0) is 17.3. The van der Waals surface area contributed by atoms with Crippen molar-refractivity contribution in [2.75, 3.05) is 6.54 Å². The summed E-state index contributed by atoms with van der Waals surface area (Å²) in [5.41, 5.74) is 4.67. The standard InChI is InChI=1S/C18H20N4OS/c1-4-8-21-17(23)16(20-18(21)24)10-14-9-12(2)22(13(14)3)15-6-5-7-19-11-15/h5-7,9-11H,4,8H2,1-3H3,(H,20,24)/b16-10-. The summed E-state index contributed by atoms with van der Waals surface area (Å²) in [5.74, 6) is -0.0620. The Hall–Kier alpha value is -2.47. The first-order chi connectivity index (χ1) is 11.5. The number of nitrogens with one attached hydrogen (secondary N) is 1. The van der Waals surface area contributed by atoms with Crippen LogP contribution in [0.15, 0.2) is 36.3 Å². The molecule has 2 aromatic rings. The number of carbonyl (C=O) groups excluding carboxylic acids is 1. The van der Waals surface area contributed by atoms with Crippen LogP contribution in [0.4, 0.5) is 0 Å². The minimum Gasteiger partial charge on any atom is -0.328 e. The number of aromatic nitrogens is 2. The van der Waals surface area contributed by atoms with E-state index in [0.717, 1.165) is 29.1 Å². The number of rotatable bonds is 4. The van der Waals surface area contributed by atoms with Gasteiger partial charge in [0, 0.05) is 24.1 Å². The van der Waals surface area contributed by atoms with Gasteiger partial charge in [-0.05, 0) is 62.3 Å². The maximum Gasteiger partial charge on any atom is 0.276 e. The SMILES string of the molecule is CCCN1C(=O)/C(=C/c2cc(C)n(-c3cccnc3)c2C)NC1=S. The average Bonchev–Trinajstić information content (AvgIpc) is 2.99. The number of carbonyl (C=O) groups is 1. The number of thiocarbonyl (C=S) groups is 1. The van der Waals surface area contributed by atoms with Crippen LogP contribution in [0.5, 0.6) is 0 Å². The van der Waals surface area contributed by atoms with Gasteiger partial charge in [-0.3, -0.25) is 14.7 Å². The number of hydrogen-bond acceptors (Lipinski definition) is 3. The molecule has 1 aliphatic rings. The number of pyridine rings is 1. The summed E-state index contributed by atoms with van der Waals surface area (Å²) in [6, 6.07) is 5.99. The summed E-state index contributed by atoms with van der Waals surface area (Å²) < 4.78 is 2.13. The molecule has 0 atom stereocenters. The van der Waals surface area contributed by atoms with Gasteiger partial charge in [-0.2, -0.15) is 0 Å². The molecule has 0 aliphatic carbocycles. The van der Waals surface area contributed by atoms with Crippen molar-refractivity contribution in [3.63, 3.8) is 0 Å². The molecule has 24 heavy (non-hydrogen) atoms. The smallest absolute Gasteiger partial charge is 0.276 e. The Kier molecular flexibility index (Phi) is 4.49. The largest absolute Gasteiger partial charge is 0.328 e. The lowest BCUT2D eigenvalue weighted by atomic mass is 10.2. The normalized spacial score (nSPS) is 16.1. The van der Waals surface area contributed by atoms with E-state index in [1.807, 2.05) is 45.2 Å². The van der Waals surface area contributed by atoms with Crippen LogP contribution in [0.2, 0.25) is 0 Å². The molecule has 1 aliphatic heterocycles. The molecule has 0 saturated carbocycles. The van der Waals surface area contributed by atoms with Gasteiger partial charge in [-0.15, -0.1) is 0 Å². The molecule has 0 radical (unpaired) electrons. The summed E-state index contributed by atoms with van der Waals surface area (Å²) in [5, 5.41) is 3.51. The molecule has 2 aromatic heterocycles. The van der Waals surface area contributed by atoms with Gasteiger partial charge in [-0.25, -0.2) is 0 Å². The first-order valence-electron chi connectivity index (χ1n) is 7.96. The predicted molar refractivity (Wildman–Crippen MR) is 98.8 cm³/mol. The van der Waals surface area contributed by atoms with E-state index >= 15 is 0 Å². The molecule has 0 aromatic carbocycles. The molecule has 0 unspecified atom stereocenters. The van der Waals surface area contributed by atoms with Crippen LogP contribution in [-0.2, 0) is 4.79 Å². The molecule has 3 rings (SSSR count). The molecule has 1 N–H and O–H groups in total. The van der Waals surface area contributed by atoms with Crippen LogP contribution in [-0.4, -0.2) is 32.0 Å². The number of hydrogen-bond donors (Lipinski definition) is 1. The van der Waals surface area contributed by atoms with Crippen molar-refractivity contribution in [2.45, 2.75) is 27.2 Å². The maximum atomic E-state index is 12.5. The lowest BCUT2D eigenvalue weighted by Crippen LogP contribution is -2.31. The molecule has 5 nitrogen and oxygen atoms in total. The second-order valence-electron chi connectivity index (χ2n) is 5.82. The zero-order valence-electron chi connectivity index (χ0n) is 14.0. The summed E-state index contributed by atoms with van der Waals surface area (Å²) in [6.07, 6.45) is 6.33. The maximum absolute atomic E-state index is 12.5. The van der Waals surface area contributed by atoms with Crippen molar-refractivity contribution in [1.82, 2.24) is 19.8 Å². The molecule has 0 spiro atoms. The van der Waals surface area contributed by atoms with Crippen molar-refractivity contribution in [2.24, 2.45) is 0 Å². The Bertz CT molecular complexity index is 823. The summed E-state index contributed by atoms with van der Waals surface area (Å²) in [4.78, 5) is 18.3. The highest BCUT2D eigenvalue weighted by Gasteiger charge is 2.30. The molecule has 3 heterocycles. The van der Waals surface area contributed by atoms with Crippen molar-refractivity contribution in [1.29, 1.82) is 0 Å². The second-order valence-corrected chi connectivity index (χ2v) is 6.20. The van der Waals surface area contributed by atoms with E-state index in [-0.39, 0.29) is 5.91 Å². The Morgan fingerprint density at radius 1 is 1.38 bits per heavy atom. The molecule has 124 valence electrons. The third-order valence-corrected chi connectivity index (χ3v) is 4.41. The lowest BCUT2D eigenvalue weighted by molar-refractivity contribution is -0.122. The van der Waals surface area contributed by atoms with Crippen molar-refractivity contribution >= 4 is 29.3 Å². The fourth-order valence-electron chi connectivity index (χ4n) is 2.97. The molecule has 1 amide bonds. The minimum absolute atomic E-state index is 0.0620. The van der Waals surface area contributed by atoms with Crippen LogP contribution in [0.3, 0.4) is 0 Å². The van der Waals surface area contributed by atoms with E-state index in [4.69, 9.17) is 12.2 Å². The molecule has 6 heteroatoms. The molecule has 1 saturated heterocycles. The van der Waals surface area contributed by atoms with E-state index < -0.39 is 0 Å². The van der Waals surface area contributed by atoms with Crippen LogP contribution in [0.25, 0.3) is 11.8 Å². The van der Waals surface area contributed by atoms with Gasteiger partial charge < -0.3 is 9.88 Å². The van der Waals surface area contributed by atoms with Gasteiger partial charge in [0.1, 0.15) is 5.70 Å². The highest BCUT2D eigenvalue weighted by atomic mass is 32.1. The van der Waals surface area contributed by atoms with E-state index in [9.17, 15) is 4.79 Å². The molecular weight excluding hydrogens is 320 g/mol. The molecule has 0 bridgehead atoms. The highest BCUT2D eigenvalue weighted by molar-refractivity contribution is 7.80. The molecular formula is C18H20N4OS. The van der Waals surface area contributed by atoms with Gasteiger partial charge in [-0.1, -0.05) is 6.92 Å². The van der Waals surface area contributed by atoms with Gasteiger partial charge in [0.05, 0.1) is 11.9 Å². The summed E-state index contributed by atoms with van der Waals surface area (Å²) >= 11 is 5.26. The van der Waals surface area contributed by atoms with Gasteiger partial charge in [0.25, 0.3) is 5.91 Å². The summed E-state index contributed by atoms with van der Waals surface area (Å²) in [7, 11) is 0. The summed E-state index contributed by atoms with van der Waals surface area (Å²) in [6.45, 7) is 6.74. The lowest BCUT2D eigenvalue weighted by Gasteiger charge is -2.11. The van der Waals surface area contributed by atoms with Gasteiger partial charge in [0.2, 0.25) is 0 Å². The minimum atomic E-state index is -0.0620. The number of aryl methyl sites for hydroxylation is 1. The van der Waals surface area contributed by atoms with Gasteiger partial charge >= 0.3 is 0 Å². The fraction of sp³-hybridized carbons (Fsp3) is 0.278. The van der Waals surface area contributed by atoms with Crippen LogP contribution in [0.1, 0.15) is 30.3 Å². The van der Waals surface area contributed by atoms with Gasteiger partial charge in [0.15, 0.2) is 5.11 Å². The topological polar surface area (TPSA) is 50.2 Å². The van der Waals surface area contributed by atoms with Crippen molar-refractivity contribution in [3.8, 4) is 5.69 Å². The third kappa shape index (κ3) is 2.85. The van der Waals surface area contributed by atoms with Crippen LogP contribution < -0.4 is 5.32 Å². The van der Waals surface area contributed by atoms with Crippen LogP contribution in [0, 0.1) is 13.8 Å². The van der Waals surface area contributed by atoms with Crippen molar-refractivity contribution in [3.05, 3.63) is 53.2 Å². The first-order valence-corrected chi connectivity index (χ1v) is 8.37. The van der Waals surface area contributed by atoms with E-state index in [1.54, 1.807) is 11.1 Å². The Morgan fingerprint density at radius 2 is 2.17 bits per heavy atom. The predicted octanol–water partition coefficient (Wildman–Crippen LogP) is 2.96. The van der Waals surface area contributed by atoms with Crippen LogP contribution >= 0.6 is 12.2 Å². The monoisotopic (exact) mass is 340 g/mol. The third-order valence-electron chi connectivity index (χ3n) is 4.08. The Balaban J connectivity index is 1.98. The average molecular weight is 340 g/mol. The zero-order valence-corrected chi connectivity index (χ0v) is 14.9.